The van der Waals surface area contributed by atoms with Gasteiger partial charge < -0.3 is 5.32 Å². The van der Waals surface area contributed by atoms with Crippen LogP contribution in [0.2, 0.25) is 0 Å². The Morgan fingerprint density at radius 2 is 1.77 bits per heavy atom. The van der Waals surface area contributed by atoms with Crippen molar-refractivity contribution in [2.75, 3.05) is 5.88 Å². The van der Waals surface area contributed by atoms with Crippen molar-refractivity contribution < 1.29 is 0 Å². The third-order valence-electron chi connectivity index (χ3n) is 2.88. The smallest absolute Gasteiger partial charge is 0.0405 e. The fourth-order valence-electron chi connectivity index (χ4n) is 1.71. The van der Waals surface area contributed by atoms with Crippen molar-refractivity contribution in [3.05, 3.63) is 0 Å². The van der Waals surface area contributed by atoms with Gasteiger partial charge in [-0.1, -0.05) is 27.2 Å². The molecule has 0 bridgehead atoms. The maximum absolute atomic E-state index is 6.01. The summed E-state index contributed by atoms with van der Waals surface area (Å²) in [7, 11) is 0. The van der Waals surface area contributed by atoms with E-state index in [1.54, 1.807) is 0 Å². The Labute approximate surface area is 88.2 Å². The van der Waals surface area contributed by atoms with E-state index < -0.39 is 0 Å². The second-order valence-electron chi connectivity index (χ2n) is 3.96. The van der Waals surface area contributed by atoms with Crippen LogP contribution in [0.5, 0.6) is 0 Å². The molecule has 2 heteroatoms. The molecule has 0 aliphatic rings. The first-order valence-corrected chi connectivity index (χ1v) is 6.01. The molecule has 13 heavy (non-hydrogen) atoms. The zero-order valence-corrected chi connectivity index (χ0v) is 10.2. The van der Waals surface area contributed by atoms with Crippen molar-refractivity contribution in [3.63, 3.8) is 0 Å². The standard InChI is InChI=1S/C11H24ClN/c1-5-8-10(4)13-11(6-2,7-3)9-12/h10,13H,5-9H2,1-4H3. The molecule has 0 aromatic heterocycles. The molecule has 0 fully saturated rings. The largest absolute Gasteiger partial charge is 0.308 e. The molecule has 0 aromatic rings. The van der Waals surface area contributed by atoms with Gasteiger partial charge in [-0.15, -0.1) is 11.6 Å². The van der Waals surface area contributed by atoms with Crippen LogP contribution in [0.3, 0.4) is 0 Å². The number of hydrogen-bond acceptors (Lipinski definition) is 1. The van der Waals surface area contributed by atoms with E-state index in [0.717, 1.165) is 12.8 Å². The molecule has 80 valence electrons. The van der Waals surface area contributed by atoms with E-state index in [1.165, 1.54) is 12.8 Å². The van der Waals surface area contributed by atoms with Gasteiger partial charge in [0.15, 0.2) is 0 Å². The maximum atomic E-state index is 6.01. The first kappa shape index (κ1) is 13.2. The van der Waals surface area contributed by atoms with Gasteiger partial charge in [0.05, 0.1) is 0 Å². The minimum atomic E-state index is 0.163. The Bertz CT molecular complexity index is 113. The first-order chi connectivity index (χ1) is 6.14. The Hall–Kier alpha value is 0.250. The molecule has 0 heterocycles. The highest BCUT2D eigenvalue weighted by Gasteiger charge is 2.25. The number of halogens is 1. The molecule has 0 saturated heterocycles. The molecule has 0 amide bonds. The molecule has 0 saturated carbocycles. The van der Waals surface area contributed by atoms with E-state index in [4.69, 9.17) is 11.6 Å². The van der Waals surface area contributed by atoms with E-state index in [0.29, 0.717) is 11.9 Å². The summed E-state index contributed by atoms with van der Waals surface area (Å²) >= 11 is 6.01. The van der Waals surface area contributed by atoms with E-state index in [-0.39, 0.29) is 5.54 Å². The number of hydrogen-bond donors (Lipinski definition) is 1. The number of alkyl halides is 1. The monoisotopic (exact) mass is 205 g/mol. The van der Waals surface area contributed by atoms with Gasteiger partial charge in [-0.3, -0.25) is 0 Å². The van der Waals surface area contributed by atoms with E-state index in [1.807, 2.05) is 0 Å². The van der Waals surface area contributed by atoms with Gasteiger partial charge in [0, 0.05) is 17.5 Å². The van der Waals surface area contributed by atoms with Crippen molar-refractivity contribution in [2.45, 2.75) is 65.0 Å². The van der Waals surface area contributed by atoms with Crippen molar-refractivity contribution in [1.29, 1.82) is 0 Å². The van der Waals surface area contributed by atoms with Gasteiger partial charge in [-0.05, 0) is 26.2 Å². The molecule has 0 aliphatic carbocycles. The van der Waals surface area contributed by atoms with Crippen molar-refractivity contribution in [2.24, 2.45) is 0 Å². The number of rotatable bonds is 7. The summed E-state index contributed by atoms with van der Waals surface area (Å²) in [6.07, 6.45) is 4.70. The molecular weight excluding hydrogens is 182 g/mol. The van der Waals surface area contributed by atoms with Crippen LogP contribution < -0.4 is 5.32 Å². The average Bonchev–Trinajstić information content (AvgIpc) is 2.15. The predicted octanol–water partition coefficient (Wildman–Crippen LogP) is 3.56. The van der Waals surface area contributed by atoms with E-state index in [2.05, 4.69) is 33.0 Å². The van der Waals surface area contributed by atoms with Crippen molar-refractivity contribution in [1.82, 2.24) is 5.32 Å². The minimum Gasteiger partial charge on any atom is -0.308 e. The van der Waals surface area contributed by atoms with Gasteiger partial charge >= 0.3 is 0 Å². The summed E-state index contributed by atoms with van der Waals surface area (Å²) in [6, 6.07) is 0.587. The highest BCUT2D eigenvalue weighted by atomic mass is 35.5. The minimum absolute atomic E-state index is 0.163. The van der Waals surface area contributed by atoms with Crippen LogP contribution in [0.4, 0.5) is 0 Å². The van der Waals surface area contributed by atoms with Gasteiger partial charge in [0.2, 0.25) is 0 Å². The van der Waals surface area contributed by atoms with Crippen LogP contribution in [-0.4, -0.2) is 17.5 Å². The Morgan fingerprint density at radius 3 is 2.08 bits per heavy atom. The molecule has 1 nitrogen and oxygen atoms in total. The topological polar surface area (TPSA) is 12.0 Å². The van der Waals surface area contributed by atoms with Crippen LogP contribution in [0.1, 0.15) is 53.4 Å². The summed E-state index contributed by atoms with van der Waals surface area (Å²) in [5.74, 6) is 0.716. The van der Waals surface area contributed by atoms with Crippen LogP contribution >= 0.6 is 11.6 Å². The molecule has 1 atom stereocenters. The Kier molecular flexibility index (Phi) is 6.79. The lowest BCUT2D eigenvalue weighted by Gasteiger charge is -2.34. The van der Waals surface area contributed by atoms with Crippen LogP contribution in [0.25, 0.3) is 0 Å². The molecule has 0 aliphatic heterocycles. The third kappa shape index (κ3) is 4.33. The maximum Gasteiger partial charge on any atom is 0.0405 e. The fraction of sp³-hybridized carbons (Fsp3) is 1.00. The third-order valence-corrected chi connectivity index (χ3v) is 3.40. The molecule has 0 aromatic carbocycles. The zero-order valence-electron chi connectivity index (χ0n) is 9.49. The summed E-state index contributed by atoms with van der Waals surface area (Å²) in [4.78, 5) is 0. The predicted molar refractivity (Wildman–Crippen MR) is 61.5 cm³/mol. The summed E-state index contributed by atoms with van der Waals surface area (Å²) in [5.41, 5.74) is 0.163. The van der Waals surface area contributed by atoms with Gasteiger partial charge in [0.25, 0.3) is 0 Å². The van der Waals surface area contributed by atoms with E-state index in [9.17, 15) is 0 Å². The normalized spacial score (nSPS) is 14.5. The van der Waals surface area contributed by atoms with Gasteiger partial charge in [0.1, 0.15) is 0 Å². The molecular formula is C11H24ClN. The van der Waals surface area contributed by atoms with Crippen LogP contribution in [0, 0.1) is 0 Å². The SMILES string of the molecule is CCCC(C)NC(CC)(CC)CCl. The zero-order chi connectivity index (χ0) is 10.3. The molecule has 1 N–H and O–H groups in total. The second kappa shape index (κ2) is 6.67. The highest BCUT2D eigenvalue weighted by Crippen LogP contribution is 2.18. The molecule has 0 spiro atoms. The first-order valence-electron chi connectivity index (χ1n) is 5.47. The summed E-state index contributed by atoms with van der Waals surface area (Å²) in [5, 5.41) is 3.65. The van der Waals surface area contributed by atoms with Crippen molar-refractivity contribution in [3.8, 4) is 0 Å². The highest BCUT2D eigenvalue weighted by molar-refractivity contribution is 6.18. The Balaban J connectivity index is 4.07. The summed E-state index contributed by atoms with van der Waals surface area (Å²) in [6.45, 7) is 8.88. The van der Waals surface area contributed by atoms with E-state index >= 15 is 0 Å². The number of nitrogens with one attached hydrogen (secondary N) is 1. The lowest BCUT2D eigenvalue weighted by molar-refractivity contribution is 0.293. The fourth-order valence-corrected chi connectivity index (χ4v) is 2.16. The Morgan fingerprint density at radius 1 is 1.23 bits per heavy atom. The summed E-state index contributed by atoms with van der Waals surface area (Å²) < 4.78 is 0. The molecule has 0 radical (unpaired) electrons. The van der Waals surface area contributed by atoms with Crippen LogP contribution in [-0.2, 0) is 0 Å². The van der Waals surface area contributed by atoms with Crippen LogP contribution in [0.15, 0.2) is 0 Å². The molecule has 0 rings (SSSR count). The molecule has 1 unspecified atom stereocenters. The van der Waals surface area contributed by atoms with Crippen molar-refractivity contribution >= 4 is 11.6 Å². The van der Waals surface area contributed by atoms with Gasteiger partial charge in [-0.2, -0.15) is 0 Å². The quantitative estimate of drug-likeness (QED) is 0.627. The average molecular weight is 206 g/mol. The van der Waals surface area contributed by atoms with Gasteiger partial charge in [-0.25, -0.2) is 0 Å². The second-order valence-corrected chi connectivity index (χ2v) is 4.22. The lowest BCUT2D eigenvalue weighted by Crippen LogP contribution is -2.50. The lowest BCUT2D eigenvalue weighted by atomic mass is 9.93.